The highest BCUT2D eigenvalue weighted by molar-refractivity contribution is 5.84. The summed E-state index contributed by atoms with van der Waals surface area (Å²) in [5.74, 6) is 0. The fourth-order valence-electron chi connectivity index (χ4n) is 4.63. The maximum atomic E-state index is 12.7. The summed E-state index contributed by atoms with van der Waals surface area (Å²) < 4.78 is 1.05. The van der Waals surface area contributed by atoms with Crippen LogP contribution in [-0.2, 0) is 0 Å². The molecule has 0 heterocycles. The minimum atomic E-state index is -0.505. The Balaban J connectivity index is 2.75. The van der Waals surface area contributed by atoms with Crippen molar-refractivity contribution in [2.45, 2.75) is 94.2 Å². The van der Waals surface area contributed by atoms with E-state index in [9.17, 15) is 10.1 Å². The average Bonchev–Trinajstić information content (AvgIpc) is 2.68. The molecule has 0 bridgehead atoms. The fourth-order valence-corrected chi connectivity index (χ4v) is 4.63. The Bertz CT molecular complexity index is 1020. The molecule has 186 valence electrons. The summed E-state index contributed by atoms with van der Waals surface area (Å²) in [7, 11) is 0. The molecule has 0 unspecified atom stereocenters. The zero-order valence-corrected chi connectivity index (χ0v) is 23.3. The Kier molecular flexibility index (Phi) is 7.60. The first kappa shape index (κ1) is 27.8. The topological polar surface area (TPSA) is 46.4 Å². The number of anilines is 1. The van der Waals surface area contributed by atoms with Gasteiger partial charge in [0.25, 0.3) is 5.69 Å². The third kappa shape index (κ3) is 6.35. The smallest absolute Gasteiger partial charge is 0.256 e. The van der Waals surface area contributed by atoms with Crippen molar-refractivity contribution in [3.05, 3.63) is 75.3 Å². The van der Waals surface area contributed by atoms with Gasteiger partial charge in [-0.1, -0.05) is 59.2 Å². The molecule has 0 saturated carbocycles. The van der Waals surface area contributed by atoms with E-state index in [1.165, 1.54) is 5.57 Å². The Morgan fingerprint density at radius 3 is 1.38 bits per heavy atom. The first-order valence-electron chi connectivity index (χ1n) is 12.2. The van der Waals surface area contributed by atoms with Gasteiger partial charge in [0.15, 0.2) is 0 Å². The van der Waals surface area contributed by atoms with Crippen molar-refractivity contribution in [3.8, 4) is 0 Å². The molecule has 2 rings (SSSR count). The Morgan fingerprint density at radius 1 is 0.676 bits per heavy atom. The second kappa shape index (κ2) is 9.30. The number of allylic oxidation sites excluding steroid dienone is 1. The van der Waals surface area contributed by atoms with E-state index in [1.807, 2.05) is 90.1 Å². The minimum Gasteiger partial charge on any atom is -0.758 e. The van der Waals surface area contributed by atoms with Crippen LogP contribution in [-0.4, -0.2) is 15.8 Å². The van der Waals surface area contributed by atoms with Gasteiger partial charge >= 0.3 is 0 Å². The summed E-state index contributed by atoms with van der Waals surface area (Å²) in [4.78, 5) is 12.7. The summed E-state index contributed by atoms with van der Waals surface area (Å²) in [5.41, 5.74) is 4.71. The molecule has 34 heavy (non-hydrogen) atoms. The molecule has 0 aliphatic heterocycles. The van der Waals surface area contributed by atoms with Crippen LogP contribution in [0.4, 0.5) is 11.4 Å². The van der Waals surface area contributed by atoms with Gasteiger partial charge in [-0.05, 0) is 72.6 Å². The molecule has 0 fully saturated rings. The Morgan fingerprint density at radius 2 is 1.06 bits per heavy atom. The molecular formula is C30H44N2O2. The molecule has 0 amide bonds. The van der Waals surface area contributed by atoms with Gasteiger partial charge in [-0.2, -0.15) is 0 Å². The summed E-state index contributed by atoms with van der Waals surface area (Å²) in [6.07, 6.45) is 0. The summed E-state index contributed by atoms with van der Waals surface area (Å²) in [6.45, 7) is 24.9. The van der Waals surface area contributed by atoms with Crippen LogP contribution in [0, 0.1) is 20.9 Å². The lowest BCUT2D eigenvalue weighted by molar-refractivity contribution is -0.540. The van der Waals surface area contributed by atoms with Gasteiger partial charge in [0.05, 0.1) is 0 Å². The van der Waals surface area contributed by atoms with Crippen molar-refractivity contribution in [1.82, 2.24) is 0 Å². The normalized spacial score (nSPS) is 13.0. The second-order valence-electron chi connectivity index (χ2n) is 13.3. The molecule has 4 heteroatoms. The minimum absolute atomic E-state index is 0.0864. The summed E-state index contributed by atoms with van der Waals surface area (Å²) >= 11 is 0. The van der Waals surface area contributed by atoms with E-state index in [0.717, 1.165) is 26.5 Å². The monoisotopic (exact) mass is 464 g/mol. The molecule has 2 aromatic rings. The predicted molar refractivity (Wildman–Crippen MR) is 146 cm³/mol. The van der Waals surface area contributed by atoms with E-state index in [2.05, 4.69) is 41.5 Å². The zero-order valence-electron chi connectivity index (χ0n) is 23.3. The Hall–Kier alpha value is -2.46. The van der Waals surface area contributed by atoms with Crippen LogP contribution < -0.4 is 5.06 Å². The number of nitrogens with zero attached hydrogens (tertiary/aromatic N) is 2. The van der Waals surface area contributed by atoms with Crippen molar-refractivity contribution < 1.29 is 4.76 Å². The molecule has 0 aliphatic rings. The van der Waals surface area contributed by atoms with Crippen LogP contribution in [0.2, 0.25) is 0 Å². The van der Waals surface area contributed by atoms with E-state index < -0.39 is 11.1 Å². The van der Waals surface area contributed by atoms with Gasteiger partial charge in [-0.25, -0.2) is 0 Å². The maximum absolute atomic E-state index is 12.7. The van der Waals surface area contributed by atoms with E-state index in [0.29, 0.717) is 11.4 Å². The van der Waals surface area contributed by atoms with Crippen molar-refractivity contribution in [1.29, 1.82) is 0 Å². The largest absolute Gasteiger partial charge is 0.758 e. The highest BCUT2D eigenvalue weighted by Crippen LogP contribution is 2.46. The van der Waals surface area contributed by atoms with Crippen molar-refractivity contribution in [3.63, 3.8) is 0 Å². The number of benzene rings is 2. The molecule has 0 aromatic heterocycles. The van der Waals surface area contributed by atoms with Gasteiger partial charge in [-0.3, -0.25) is 0 Å². The van der Waals surface area contributed by atoms with Crippen LogP contribution in [0.5, 0.6) is 0 Å². The molecule has 0 atom stereocenters. The molecular weight excluding hydrogens is 420 g/mol. The first-order valence-corrected chi connectivity index (χ1v) is 12.2. The third-order valence-corrected chi connectivity index (χ3v) is 5.75. The standard InChI is InChI=1S/C30H44N2O2/c1-27(2,3)26(28(4,5)6)25(21-13-17-23(18-14-21)31(33)29(7,8)9)22-15-19-24(20-16-22)32(34)30(10,11)12/h13-20H,1-12H3. The number of hydrogen-bond acceptors (Lipinski definition) is 3. The lowest BCUT2D eigenvalue weighted by atomic mass is 9.67. The molecule has 0 aliphatic carbocycles. The summed E-state index contributed by atoms with van der Waals surface area (Å²) in [6, 6.07) is 15.8. The molecule has 2 aromatic carbocycles. The maximum Gasteiger partial charge on any atom is 0.256 e. The summed E-state index contributed by atoms with van der Waals surface area (Å²) in [5, 5.41) is 13.8. The van der Waals surface area contributed by atoms with Crippen molar-refractivity contribution in [2.24, 2.45) is 10.8 Å². The van der Waals surface area contributed by atoms with Crippen LogP contribution in [0.3, 0.4) is 0 Å². The quantitative estimate of drug-likeness (QED) is 0.335. The SMILES string of the molecule is CC(C)(C)C(=C(c1ccc(N([O-])C(C)(C)C)cc1)c1ccc([N+](=O)C(C)(C)C)cc1)C(C)(C)C. The molecule has 0 radical (unpaired) electrons. The number of hydroxylamine groups is 1. The number of rotatable bonds is 4. The average molecular weight is 465 g/mol. The van der Waals surface area contributed by atoms with E-state index in [4.69, 9.17) is 0 Å². The van der Waals surface area contributed by atoms with Gasteiger partial charge in [0.1, 0.15) is 0 Å². The molecule has 0 saturated heterocycles. The van der Waals surface area contributed by atoms with Gasteiger partial charge in [0, 0.05) is 53.8 Å². The van der Waals surface area contributed by atoms with E-state index in [-0.39, 0.29) is 10.8 Å². The zero-order chi connectivity index (χ0) is 26.3. The van der Waals surface area contributed by atoms with E-state index in [1.54, 1.807) is 0 Å². The lowest BCUT2D eigenvalue weighted by Crippen LogP contribution is -2.36. The van der Waals surface area contributed by atoms with Crippen LogP contribution >= 0.6 is 0 Å². The first-order chi connectivity index (χ1) is 15.2. The van der Waals surface area contributed by atoms with Gasteiger partial charge < -0.3 is 10.3 Å². The highest BCUT2D eigenvalue weighted by Gasteiger charge is 2.34. The van der Waals surface area contributed by atoms with Gasteiger partial charge in [0.2, 0.25) is 5.54 Å². The van der Waals surface area contributed by atoms with Crippen molar-refractivity contribution >= 4 is 16.9 Å². The molecule has 0 spiro atoms. The molecule has 0 N–H and O–H groups in total. The van der Waals surface area contributed by atoms with Crippen LogP contribution in [0.1, 0.15) is 94.2 Å². The second-order valence-corrected chi connectivity index (χ2v) is 13.3. The van der Waals surface area contributed by atoms with E-state index >= 15 is 0 Å². The van der Waals surface area contributed by atoms with Gasteiger partial charge in [-0.15, -0.1) is 0 Å². The third-order valence-electron chi connectivity index (χ3n) is 5.75. The van der Waals surface area contributed by atoms with Crippen molar-refractivity contribution in [2.75, 3.05) is 5.06 Å². The number of hydrogen-bond donors (Lipinski definition) is 0. The Labute approximate surface area is 207 Å². The predicted octanol–water partition coefficient (Wildman–Crippen LogP) is 8.89. The van der Waals surface area contributed by atoms with Crippen LogP contribution in [0.25, 0.3) is 5.57 Å². The number of nitroso groups, excluding NO2 is 1. The lowest BCUT2D eigenvalue weighted by Gasteiger charge is -2.43. The fraction of sp³-hybridized carbons (Fsp3) is 0.533. The van der Waals surface area contributed by atoms with Crippen LogP contribution in [0.15, 0.2) is 54.1 Å². The molecule has 4 nitrogen and oxygen atoms in total. The highest BCUT2D eigenvalue weighted by atomic mass is 16.5.